The average Bonchev–Trinajstić information content (AvgIpc) is 2.41. The molecule has 0 aliphatic carbocycles. The van der Waals surface area contributed by atoms with Crippen molar-refractivity contribution in [2.45, 2.75) is 71.1 Å². The molecule has 0 amide bonds. The summed E-state index contributed by atoms with van der Waals surface area (Å²) in [6.45, 7) is 6.43. The Hall–Kier alpha value is -1.05. The van der Waals surface area contributed by atoms with Crippen LogP contribution in [0.25, 0.3) is 0 Å². The van der Waals surface area contributed by atoms with Crippen LogP contribution in [0.1, 0.15) is 71.1 Å². The number of hydrogen-bond acceptors (Lipinski definition) is 2. The molecule has 0 bridgehead atoms. The van der Waals surface area contributed by atoms with Crippen LogP contribution in [0.3, 0.4) is 0 Å². The van der Waals surface area contributed by atoms with Crippen molar-refractivity contribution in [3.63, 3.8) is 0 Å². The zero-order valence-corrected chi connectivity index (χ0v) is 12.5. The first-order valence-corrected chi connectivity index (χ1v) is 7.72. The fourth-order valence-corrected chi connectivity index (χ4v) is 1.77. The molecule has 0 rings (SSSR count). The molecule has 0 N–H and O–H groups in total. The van der Waals surface area contributed by atoms with Crippen LogP contribution in [0.4, 0.5) is 0 Å². The van der Waals surface area contributed by atoms with Gasteiger partial charge in [0.05, 0.1) is 6.61 Å². The summed E-state index contributed by atoms with van der Waals surface area (Å²) in [6.07, 6.45) is 16.8. The van der Waals surface area contributed by atoms with E-state index in [0.29, 0.717) is 13.0 Å². The summed E-state index contributed by atoms with van der Waals surface area (Å²) in [5.41, 5.74) is 0. The Balaban J connectivity index is 3.27. The molecule has 0 fully saturated rings. The Morgan fingerprint density at radius 3 is 2.47 bits per heavy atom. The van der Waals surface area contributed by atoms with Gasteiger partial charge < -0.3 is 4.74 Å². The van der Waals surface area contributed by atoms with Crippen LogP contribution < -0.4 is 0 Å². The zero-order valence-electron chi connectivity index (χ0n) is 12.5. The van der Waals surface area contributed by atoms with Gasteiger partial charge in [0.25, 0.3) is 0 Å². The summed E-state index contributed by atoms with van der Waals surface area (Å²) in [4.78, 5) is 11.4. The predicted molar refractivity (Wildman–Crippen MR) is 82.1 cm³/mol. The van der Waals surface area contributed by atoms with Crippen molar-refractivity contribution >= 4 is 5.97 Å². The highest BCUT2D eigenvalue weighted by molar-refractivity contribution is 5.69. The van der Waals surface area contributed by atoms with E-state index in [1.54, 1.807) is 0 Å². The fourth-order valence-electron chi connectivity index (χ4n) is 1.77. The summed E-state index contributed by atoms with van der Waals surface area (Å²) < 4.78 is 5.14. The normalized spacial score (nSPS) is 10.8. The van der Waals surface area contributed by atoms with Gasteiger partial charge in [-0.3, -0.25) is 4.79 Å². The van der Waals surface area contributed by atoms with Crippen molar-refractivity contribution in [2.24, 2.45) is 0 Å². The van der Waals surface area contributed by atoms with Crippen molar-refractivity contribution < 1.29 is 9.53 Å². The van der Waals surface area contributed by atoms with Crippen molar-refractivity contribution in [3.05, 3.63) is 24.8 Å². The van der Waals surface area contributed by atoms with E-state index in [-0.39, 0.29) is 5.97 Å². The summed E-state index contributed by atoms with van der Waals surface area (Å²) in [5, 5.41) is 0. The Morgan fingerprint density at radius 2 is 1.74 bits per heavy atom. The molecule has 0 saturated carbocycles. The maximum atomic E-state index is 11.4. The Kier molecular flexibility index (Phi) is 14.2. The molecule has 110 valence electrons. The molecule has 0 aliphatic heterocycles. The molecule has 0 heterocycles. The van der Waals surface area contributed by atoms with E-state index in [1.807, 2.05) is 6.08 Å². The molecule has 19 heavy (non-hydrogen) atoms. The second-order valence-corrected chi connectivity index (χ2v) is 4.86. The summed E-state index contributed by atoms with van der Waals surface area (Å²) in [7, 11) is 0. The number of hydrogen-bond donors (Lipinski definition) is 0. The third kappa shape index (κ3) is 14.9. The van der Waals surface area contributed by atoms with Gasteiger partial charge in [-0.1, -0.05) is 44.4 Å². The molecular formula is C17H30O2. The highest BCUT2D eigenvalue weighted by Gasteiger charge is 1.99. The van der Waals surface area contributed by atoms with Crippen molar-refractivity contribution in [1.82, 2.24) is 0 Å². The molecule has 0 atom stereocenters. The number of carbonyl (C=O) groups is 1. The largest absolute Gasteiger partial charge is 0.466 e. The molecule has 0 unspecified atom stereocenters. The molecule has 2 nitrogen and oxygen atoms in total. The molecule has 0 aromatic rings. The highest BCUT2D eigenvalue weighted by atomic mass is 16.5. The minimum absolute atomic E-state index is 0.0748. The molecular weight excluding hydrogens is 236 g/mol. The smallest absolute Gasteiger partial charge is 0.306 e. The maximum Gasteiger partial charge on any atom is 0.306 e. The number of allylic oxidation sites excluding steroid dienone is 3. The van der Waals surface area contributed by atoms with Crippen LogP contribution in [-0.4, -0.2) is 12.6 Å². The molecule has 0 aliphatic rings. The van der Waals surface area contributed by atoms with Crippen LogP contribution in [0.2, 0.25) is 0 Å². The van der Waals surface area contributed by atoms with Crippen LogP contribution in [-0.2, 0) is 9.53 Å². The van der Waals surface area contributed by atoms with Gasteiger partial charge in [0.1, 0.15) is 0 Å². The van der Waals surface area contributed by atoms with Crippen molar-refractivity contribution in [2.75, 3.05) is 6.61 Å². The maximum absolute atomic E-state index is 11.4. The predicted octanol–water partition coefficient (Wildman–Crippen LogP) is 5.19. The number of ether oxygens (including phenoxy) is 1. The van der Waals surface area contributed by atoms with Gasteiger partial charge in [-0.25, -0.2) is 0 Å². The number of unbranched alkanes of at least 4 members (excludes halogenated alkanes) is 6. The van der Waals surface area contributed by atoms with E-state index in [1.165, 1.54) is 25.7 Å². The lowest BCUT2D eigenvalue weighted by molar-refractivity contribution is -0.143. The molecule has 0 saturated heterocycles. The van der Waals surface area contributed by atoms with E-state index in [2.05, 4.69) is 25.7 Å². The van der Waals surface area contributed by atoms with E-state index in [4.69, 9.17) is 4.74 Å². The molecule has 0 aromatic heterocycles. The average molecular weight is 266 g/mol. The van der Waals surface area contributed by atoms with E-state index < -0.39 is 0 Å². The SMILES string of the molecule is C=CCCCCOC(=O)CC/C=C/CCCCCC. The third-order valence-corrected chi connectivity index (χ3v) is 2.97. The first-order valence-electron chi connectivity index (χ1n) is 7.72. The topological polar surface area (TPSA) is 26.3 Å². The van der Waals surface area contributed by atoms with Gasteiger partial charge in [0.15, 0.2) is 0 Å². The minimum Gasteiger partial charge on any atom is -0.466 e. The third-order valence-electron chi connectivity index (χ3n) is 2.97. The van der Waals surface area contributed by atoms with Crippen LogP contribution in [0.15, 0.2) is 24.8 Å². The Bertz CT molecular complexity index is 244. The first-order chi connectivity index (χ1) is 9.31. The lowest BCUT2D eigenvalue weighted by Crippen LogP contribution is -2.04. The van der Waals surface area contributed by atoms with Gasteiger partial charge in [-0.15, -0.1) is 6.58 Å². The number of esters is 1. The van der Waals surface area contributed by atoms with Crippen LogP contribution >= 0.6 is 0 Å². The minimum atomic E-state index is -0.0748. The molecule has 0 aromatic carbocycles. The summed E-state index contributed by atoms with van der Waals surface area (Å²) >= 11 is 0. The Labute approximate surface area is 118 Å². The van der Waals surface area contributed by atoms with E-state index in [0.717, 1.165) is 32.1 Å². The van der Waals surface area contributed by atoms with Gasteiger partial charge in [0, 0.05) is 6.42 Å². The van der Waals surface area contributed by atoms with Gasteiger partial charge in [-0.2, -0.15) is 0 Å². The lowest BCUT2D eigenvalue weighted by Gasteiger charge is -2.02. The summed E-state index contributed by atoms with van der Waals surface area (Å²) in [5.74, 6) is -0.0748. The number of carbonyl (C=O) groups excluding carboxylic acids is 1. The monoisotopic (exact) mass is 266 g/mol. The lowest BCUT2D eigenvalue weighted by atomic mass is 10.1. The van der Waals surface area contributed by atoms with Gasteiger partial charge >= 0.3 is 5.97 Å². The van der Waals surface area contributed by atoms with Crippen LogP contribution in [0, 0.1) is 0 Å². The second-order valence-electron chi connectivity index (χ2n) is 4.86. The molecule has 0 spiro atoms. The summed E-state index contributed by atoms with van der Waals surface area (Å²) in [6, 6.07) is 0. The fraction of sp³-hybridized carbons (Fsp3) is 0.706. The quantitative estimate of drug-likeness (QED) is 0.260. The number of rotatable bonds is 13. The zero-order chi connectivity index (χ0) is 14.2. The van der Waals surface area contributed by atoms with Gasteiger partial charge in [0.2, 0.25) is 0 Å². The van der Waals surface area contributed by atoms with Crippen LogP contribution in [0.5, 0.6) is 0 Å². The second kappa shape index (κ2) is 15.0. The Morgan fingerprint density at radius 1 is 1.00 bits per heavy atom. The van der Waals surface area contributed by atoms with Crippen molar-refractivity contribution in [1.29, 1.82) is 0 Å². The van der Waals surface area contributed by atoms with E-state index in [9.17, 15) is 4.79 Å². The van der Waals surface area contributed by atoms with E-state index >= 15 is 0 Å². The van der Waals surface area contributed by atoms with Gasteiger partial charge in [-0.05, 0) is 38.5 Å². The van der Waals surface area contributed by atoms with Crippen molar-refractivity contribution in [3.8, 4) is 0 Å². The highest BCUT2D eigenvalue weighted by Crippen LogP contribution is 2.04. The molecule has 2 heteroatoms. The molecule has 0 radical (unpaired) electrons. The standard InChI is InChI=1S/C17H30O2/c1-3-5-7-9-10-11-12-13-15-17(18)19-16-14-8-6-4-2/h4,11-12H,2-3,5-10,13-16H2,1H3/b12-11+. The first kappa shape index (κ1) is 17.9.